The van der Waals surface area contributed by atoms with Crippen LogP contribution in [0.5, 0.6) is 0 Å². The molecule has 176 valence electrons. The lowest BCUT2D eigenvalue weighted by Crippen LogP contribution is -1.92. The van der Waals surface area contributed by atoms with Crippen LogP contribution in [0.4, 0.5) is 0 Å². The second-order valence-electron chi connectivity index (χ2n) is 10.1. The average molecular weight is 481 g/mol. The van der Waals surface area contributed by atoms with Gasteiger partial charge in [-0.25, -0.2) is 0 Å². The SMILES string of the molecule is C(=C1c2ccccc2-c2ccccc21)c1c2ccccc2c(-c2cccc3ccccc23)c2ccccc12. The largest absolute Gasteiger partial charge is 0.0616 e. The van der Waals surface area contributed by atoms with Crippen molar-refractivity contribution >= 4 is 44.0 Å². The third kappa shape index (κ3) is 3.04. The van der Waals surface area contributed by atoms with Crippen LogP contribution in [-0.4, -0.2) is 0 Å². The zero-order chi connectivity index (χ0) is 25.1. The maximum Gasteiger partial charge on any atom is -0.00201 e. The predicted molar refractivity (Wildman–Crippen MR) is 163 cm³/mol. The molecule has 0 amide bonds. The molecule has 0 N–H and O–H groups in total. The van der Waals surface area contributed by atoms with Crippen LogP contribution in [0, 0.1) is 0 Å². The van der Waals surface area contributed by atoms with Gasteiger partial charge in [-0.05, 0) is 82.9 Å². The molecule has 8 rings (SSSR count). The number of hydrogen-bond donors (Lipinski definition) is 0. The van der Waals surface area contributed by atoms with Gasteiger partial charge in [-0.3, -0.25) is 0 Å². The highest BCUT2D eigenvalue weighted by molar-refractivity contribution is 6.22. The van der Waals surface area contributed by atoms with Gasteiger partial charge in [0.25, 0.3) is 0 Å². The topological polar surface area (TPSA) is 0 Å². The molecule has 7 aromatic carbocycles. The smallest absolute Gasteiger partial charge is 0.00201 e. The molecule has 1 aliphatic rings. The Morgan fingerprint density at radius 2 is 0.737 bits per heavy atom. The first-order chi connectivity index (χ1) is 18.9. The number of rotatable bonds is 2. The zero-order valence-corrected chi connectivity index (χ0v) is 20.9. The molecule has 0 saturated carbocycles. The Bertz CT molecular complexity index is 1960. The lowest BCUT2D eigenvalue weighted by Gasteiger charge is -2.17. The fourth-order valence-electron chi connectivity index (χ4n) is 6.40. The Kier molecular flexibility index (Phi) is 4.62. The monoisotopic (exact) mass is 480 g/mol. The first-order valence-corrected chi connectivity index (χ1v) is 13.2. The van der Waals surface area contributed by atoms with Crippen molar-refractivity contribution in [2.75, 3.05) is 0 Å². The van der Waals surface area contributed by atoms with Crippen molar-refractivity contribution in [2.24, 2.45) is 0 Å². The first kappa shape index (κ1) is 21.2. The first-order valence-electron chi connectivity index (χ1n) is 13.2. The number of hydrogen-bond acceptors (Lipinski definition) is 0. The van der Waals surface area contributed by atoms with E-state index in [-0.39, 0.29) is 0 Å². The van der Waals surface area contributed by atoms with E-state index in [1.807, 2.05) is 0 Å². The summed E-state index contributed by atoms with van der Waals surface area (Å²) in [6.07, 6.45) is 2.43. The van der Waals surface area contributed by atoms with Crippen molar-refractivity contribution < 1.29 is 0 Å². The number of benzene rings is 7. The van der Waals surface area contributed by atoms with E-state index >= 15 is 0 Å². The quantitative estimate of drug-likeness (QED) is 0.216. The summed E-state index contributed by atoms with van der Waals surface area (Å²) >= 11 is 0. The highest BCUT2D eigenvalue weighted by atomic mass is 14.3. The standard InChI is InChI=1S/C38H24/c1-2-14-26-25(12-1)13-11-23-33(26)38-34-21-9-7-19-31(34)37(32-20-8-10-22-35(32)38)24-36-29-17-5-3-15-27(29)28-16-4-6-18-30(28)36/h1-24H. The minimum atomic E-state index is 1.27. The summed E-state index contributed by atoms with van der Waals surface area (Å²) in [7, 11) is 0. The van der Waals surface area contributed by atoms with Gasteiger partial charge >= 0.3 is 0 Å². The van der Waals surface area contributed by atoms with Crippen LogP contribution in [0.25, 0.3) is 66.2 Å². The van der Waals surface area contributed by atoms with Gasteiger partial charge in [0, 0.05) is 0 Å². The second-order valence-corrected chi connectivity index (χ2v) is 10.1. The molecule has 0 aliphatic heterocycles. The molecule has 0 fully saturated rings. The van der Waals surface area contributed by atoms with Crippen molar-refractivity contribution in [2.45, 2.75) is 0 Å². The molecule has 0 heteroatoms. The van der Waals surface area contributed by atoms with Gasteiger partial charge in [0.2, 0.25) is 0 Å². The highest BCUT2D eigenvalue weighted by Gasteiger charge is 2.23. The van der Waals surface area contributed by atoms with Crippen LogP contribution < -0.4 is 0 Å². The maximum absolute atomic E-state index is 2.43. The average Bonchev–Trinajstić information content (AvgIpc) is 3.30. The summed E-state index contributed by atoms with van der Waals surface area (Å²) in [6, 6.07) is 50.8. The van der Waals surface area contributed by atoms with Crippen LogP contribution in [0.2, 0.25) is 0 Å². The third-order valence-electron chi connectivity index (χ3n) is 8.05. The Morgan fingerprint density at radius 1 is 0.316 bits per heavy atom. The maximum atomic E-state index is 2.43. The van der Waals surface area contributed by atoms with Gasteiger partial charge in [-0.1, -0.05) is 140 Å². The van der Waals surface area contributed by atoms with E-state index in [1.165, 1.54) is 76.8 Å². The lowest BCUT2D eigenvalue weighted by atomic mass is 9.85. The van der Waals surface area contributed by atoms with E-state index in [9.17, 15) is 0 Å². The van der Waals surface area contributed by atoms with E-state index in [0.29, 0.717) is 0 Å². The Hall–Kier alpha value is -4.94. The molecule has 1 aliphatic carbocycles. The molecule has 0 saturated heterocycles. The molecule has 38 heavy (non-hydrogen) atoms. The Labute approximate surface area is 222 Å². The Balaban J connectivity index is 1.51. The molecule has 0 bridgehead atoms. The summed E-state index contributed by atoms with van der Waals surface area (Å²) in [5.41, 5.74) is 10.4. The van der Waals surface area contributed by atoms with Gasteiger partial charge in [0.15, 0.2) is 0 Å². The van der Waals surface area contributed by atoms with Crippen LogP contribution in [-0.2, 0) is 0 Å². The van der Waals surface area contributed by atoms with E-state index < -0.39 is 0 Å². The molecule has 0 nitrogen and oxygen atoms in total. The summed E-state index contributed by atoms with van der Waals surface area (Å²) in [5.74, 6) is 0. The van der Waals surface area contributed by atoms with Crippen LogP contribution >= 0.6 is 0 Å². The van der Waals surface area contributed by atoms with Crippen molar-refractivity contribution in [3.05, 3.63) is 156 Å². The molecule has 0 heterocycles. The van der Waals surface area contributed by atoms with Gasteiger partial charge in [-0.2, -0.15) is 0 Å². The second kappa shape index (κ2) is 8.30. The molecule has 0 spiro atoms. The molecular formula is C38H24. The fraction of sp³-hybridized carbons (Fsp3) is 0. The van der Waals surface area contributed by atoms with Crippen molar-refractivity contribution in [1.29, 1.82) is 0 Å². The summed E-state index contributed by atoms with van der Waals surface area (Å²) in [6.45, 7) is 0. The van der Waals surface area contributed by atoms with Crippen LogP contribution in [0.15, 0.2) is 140 Å². The Morgan fingerprint density at radius 3 is 1.34 bits per heavy atom. The molecule has 0 aromatic heterocycles. The summed E-state index contributed by atoms with van der Waals surface area (Å²) in [4.78, 5) is 0. The zero-order valence-electron chi connectivity index (χ0n) is 20.9. The van der Waals surface area contributed by atoms with Gasteiger partial charge in [-0.15, -0.1) is 0 Å². The van der Waals surface area contributed by atoms with Gasteiger partial charge < -0.3 is 0 Å². The van der Waals surface area contributed by atoms with Crippen molar-refractivity contribution in [3.8, 4) is 22.3 Å². The van der Waals surface area contributed by atoms with Crippen LogP contribution in [0.3, 0.4) is 0 Å². The van der Waals surface area contributed by atoms with Crippen molar-refractivity contribution in [3.63, 3.8) is 0 Å². The van der Waals surface area contributed by atoms with Crippen molar-refractivity contribution in [1.82, 2.24) is 0 Å². The molecule has 7 aromatic rings. The minimum absolute atomic E-state index is 1.27. The molecule has 0 unspecified atom stereocenters. The molecular weight excluding hydrogens is 456 g/mol. The summed E-state index contributed by atoms with van der Waals surface area (Å²) in [5, 5.41) is 7.69. The molecule has 0 atom stereocenters. The molecule has 0 radical (unpaired) electrons. The summed E-state index contributed by atoms with van der Waals surface area (Å²) < 4.78 is 0. The fourth-order valence-corrected chi connectivity index (χ4v) is 6.40. The van der Waals surface area contributed by atoms with Gasteiger partial charge in [0.05, 0.1) is 0 Å². The highest BCUT2D eigenvalue weighted by Crippen LogP contribution is 2.47. The third-order valence-corrected chi connectivity index (χ3v) is 8.05. The normalized spacial score (nSPS) is 12.2. The van der Waals surface area contributed by atoms with E-state index in [2.05, 4.69) is 146 Å². The van der Waals surface area contributed by atoms with Gasteiger partial charge in [0.1, 0.15) is 0 Å². The van der Waals surface area contributed by atoms with E-state index in [1.54, 1.807) is 0 Å². The number of fused-ring (bicyclic) bond motifs is 6. The lowest BCUT2D eigenvalue weighted by molar-refractivity contribution is 1.65. The van der Waals surface area contributed by atoms with E-state index in [0.717, 1.165) is 0 Å². The van der Waals surface area contributed by atoms with Crippen LogP contribution in [0.1, 0.15) is 16.7 Å². The minimum Gasteiger partial charge on any atom is -0.0616 e. The van der Waals surface area contributed by atoms with E-state index in [4.69, 9.17) is 0 Å². The predicted octanol–water partition coefficient (Wildman–Crippen LogP) is 10.4.